The van der Waals surface area contributed by atoms with Crippen molar-refractivity contribution in [3.63, 3.8) is 0 Å². The zero-order valence-corrected chi connectivity index (χ0v) is 4.98. The minimum atomic E-state index is -1.11. The average Bonchev–Trinajstić information content (AvgIpc) is 1.64. The maximum absolute atomic E-state index is 9.93. The molecule has 3 N–H and O–H groups in total. The van der Waals surface area contributed by atoms with Gasteiger partial charge in [0.2, 0.25) is 0 Å². The van der Waals surface area contributed by atoms with Crippen LogP contribution in [-0.2, 0) is 0 Å². The molecule has 0 aliphatic heterocycles. The van der Waals surface area contributed by atoms with Crippen molar-refractivity contribution in [1.29, 1.82) is 0 Å². The summed E-state index contributed by atoms with van der Waals surface area (Å²) in [4.78, 5) is -0.537. The van der Waals surface area contributed by atoms with Gasteiger partial charge >= 0.3 is 0 Å². The zero-order valence-electron chi connectivity index (χ0n) is 4.98. The van der Waals surface area contributed by atoms with Crippen LogP contribution in [0.3, 0.4) is 0 Å². The van der Waals surface area contributed by atoms with Gasteiger partial charge in [-0.25, -0.2) is 0 Å². The highest BCUT2D eigenvalue weighted by molar-refractivity contribution is 5.84. The van der Waals surface area contributed by atoms with Crippen LogP contribution in [0.2, 0.25) is 0 Å². The van der Waals surface area contributed by atoms with E-state index in [2.05, 4.69) is 0 Å². The van der Waals surface area contributed by atoms with E-state index in [1.165, 1.54) is 6.92 Å². The summed E-state index contributed by atoms with van der Waals surface area (Å²) in [6, 6.07) is 0. The molecule has 0 fully saturated rings. The topological polar surface area (TPSA) is 86.8 Å². The van der Waals surface area contributed by atoms with E-state index in [-0.39, 0.29) is 5.71 Å². The molecule has 0 aliphatic carbocycles. The normalized spacial score (nSPS) is 16.8. The first-order chi connectivity index (χ1) is 4.09. The Morgan fingerprint density at radius 2 is 2.22 bits per heavy atom. The van der Waals surface area contributed by atoms with Crippen molar-refractivity contribution < 1.29 is 20.3 Å². The summed E-state index contributed by atoms with van der Waals surface area (Å²) in [7, 11) is 0. The highest BCUT2D eigenvalue weighted by Crippen LogP contribution is 1.83. The monoisotopic (exact) mass is 135 g/mol. The van der Waals surface area contributed by atoms with E-state index in [1.54, 1.807) is 0 Å². The van der Waals surface area contributed by atoms with Gasteiger partial charge in [0.1, 0.15) is 12.7 Å². The first kappa shape index (κ1) is 8.19. The van der Waals surface area contributed by atoms with Crippen molar-refractivity contribution in [3.05, 3.63) is 5.21 Å². The Balaban J connectivity index is 4.16. The third-order valence-electron chi connectivity index (χ3n) is 0.890. The Morgan fingerprint density at radius 1 is 1.78 bits per heavy atom. The molecule has 0 heterocycles. The van der Waals surface area contributed by atoms with Crippen LogP contribution in [-0.4, -0.2) is 38.7 Å². The van der Waals surface area contributed by atoms with Gasteiger partial charge in [0.15, 0.2) is 0 Å². The molecule has 1 unspecified atom stereocenters. The molecule has 0 aliphatic rings. The van der Waals surface area contributed by atoms with Crippen molar-refractivity contribution in [2.45, 2.75) is 13.0 Å². The first-order valence-corrected chi connectivity index (χ1v) is 2.40. The summed E-state index contributed by atoms with van der Waals surface area (Å²) in [5, 5.41) is 34.9. The lowest BCUT2D eigenvalue weighted by molar-refractivity contribution is -0.728. The number of aliphatic hydroxyl groups excluding tert-OH is 2. The second-order valence-electron chi connectivity index (χ2n) is 1.60. The van der Waals surface area contributed by atoms with E-state index in [0.29, 0.717) is 0 Å². The predicted octanol–water partition coefficient (Wildman–Crippen LogP) is -1.30. The second-order valence-corrected chi connectivity index (χ2v) is 1.60. The Labute approximate surface area is 52.0 Å². The van der Waals surface area contributed by atoms with Crippen molar-refractivity contribution in [2.75, 3.05) is 6.61 Å². The quantitative estimate of drug-likeness (QED) is 0.190. The minimum Gasteiger partial charge on any atom is -0.417 e. The van der Waals surface area contributed by atoms with Crippen LogP contribution < -0.4 is 0 Å². The van der Waals surface area contributed by atoms with E-state index in [1.807, 2.05) is 0 Å². The van der Waals surface area contributed by atoms with Crippen LogP contribution >= 0.6 is 0 Å². The van der Waals surface area contributed by atoms with Crippen molar-refractivity contribution >= 4 is 5.71 Å². The molecule has 5 nitrogen and oxygen atoms in total. The molecule has 0 aromatic carbocycles. The maximum Gasteiger partial charge on any atom is 0.274 e. The number of aliphatic hydroxyl groups is 2. The van der Waals surface area contributed by atoms with Gasteiger partial charge < -0.3 is 15.4 Å². The molecule has 0 spiro atoms. The van der Waals surface area contributed by atoms with Gasteiger partial charge in [-0.2, -0.15) is 0 Å². The smallest absolute Gasteiger partial charge is 0.274 e. The van der Waals surface area contributed by atoms with Crippen molar-refractivity contribution in [3.8, 4) is 0 Å². The van der Waals surface area contributed by atoms with Crippen LogP contribution in [0.1, 0.15) is 6.92 Å². The van der Waals surface area contributed by atoms with Crippen LogP contribution in [0.25, 0.3) is 0 Å². The van der Waals surface area contributed by atoms with E-state index >= 15 is 0 Å². The lowest BCUT2D eigenvalue weighted by Crippen LogP contribution is -2.28. The Hall–Kier alpha value is -0.810. The molecular formula is C4H9NO4. The lowest BCUT2D eigenvalue weighted by Gasteiger charge is -1.99. The van der Waals surface area contributed by atoms with Gasteiger partial charge in [-0.05, 0) is 6.92 Å². The highest BCUT2D eigenvalue weighted by Gasteiger charge is 2.15. The Kier molecular flexibility index (Phi) is 2.97. The van der Waals surface area contributed by atoms with Gasteiger partial charge in [0, 0.05) is 4.90 Å². The van der Waals surface area contributed by atoms with Gasteiger partial charge in [-0.1, -0.05) is 0 Å². The molecule has 0 aromatic rings. The minimum absolute atomic E-state index is 0.366. The fraction of sp³-hybridized carbons (Fsp3) is 0.750. The fourth-order valence-electron chi connectivity index (χ4n) is 0.352. The second kappa shape index (κ2) is 3.26. The molecule has 0 radical (unpaired) electrons. The van der Waals surface area contributed by atoms with E-state index < -0.39 is 17.6 Å². The van der Waals surface area contributed by atoms with Crippen molar-refractivity contribution in [1.82, 2.24) is 0 Å². The number of hydrogen-bond donors (Lipinski definition) is 3. The van der Waals surface area contributed by atoms with E-state index in [9.17, 15) is 5.21 Å². The molecular weight excluding hydrogens is 126 g/mol. The summed E-state index contributed by atoms with van der Waals surface area (Å²) in [5.74, 6) is 0. The largest absolute Gasteiger partial charge is 0.417 e. The van der Waals surface area contributed by atoms with Gasteiger partial charge in [0.25, 0.3) is 5.71 Å². The molecule has 54 valence electrons. The summed E-state index contributed by atoms with van der Waals surface area (Å²) < 4.78 is 0. The van der Waals surface area contributed by atoms with Crippen LogP contribution in [0.15, 0.2) is 0 Å². The summed E-state index contributed by atoms with van der Waals surface area (Å²) in [6.07, 6.45) is -1.11. The summed E-state index contributed by atoms with van der Waals surface area (Å²) >= 11 is 0. The molecule has 0 amide bonds. The summed E-state index contributed by atoms with van der Waals surface area (Å²) in [6.45, 7) is 0.629. The number of rotatable bonds is 2. The Bertz CT molecular complexity index is 116. The SMILES string of the molecule is CC(O)/C(CO)=[N+](\[O-])O. The average molecular weight is 135 g/mol. The molecule has 0 aromatic heterocycles. The fourth-order valence-corrected chi connectivity index (χ4v) is 0.352. The zero-order chi connectivity index (χ0) is 7.44. The summed E-state index contributed by atoms with van der Waals surface area (Å²) in [5.41, 5.74) is -0.366. The third kappa shape index (κ3) is 2.29. The van der Waals surface area contributed by atoms with Gasteiger partial charge in [-0.15, -0.1) is 0 Å². The molecule has 0 saturated carbocycles. The van der Waals surface area contributed by atoms with Crippen LogP contribution in [0, 0.1) is 5.21 Å². The Morgan fingerprint density at radius 3 is 2.22 bits per heavy atom. The van der Waals surface area contributed by atoms with Crippen LogP contribution in [0.5, 0.6) is 0 Å². The molecule has 0 bridgehead atoms. The molecule has 0 saturated heterocycles. The van der Waals surface area contributed by atoms with Crippen molar-refractivity contribution in [2.24, 2.45) is 0 Å². The number of nitrogens with zero attached hydrogens (tertiary/aromatic N) is 1. The predicted molar refractivity (Wildman–Crippen MR) is 29.2 cm³/mol. The third-order valence-corrected chi connectivity index (χ3v) is 0.890. The standard InChI is InChI=1S/C4H9NO4/c1-3(7)4(2-6)5(8)9/h3,6-7H,2H2,1H3,(H,8,9). The molecule has 0 rings (SSSR count). The van der Waals surface area contributed by atoms with E-state index in [4.69, 9.17) is 15.4 Å². The number of hydrogen-bond acceptors (Lipinski definition) is 4. The molecule has 9 heavy (non-hydrogen) atoms. The molecule has 5 heteroatoms. The van der Waals surface area contributed by atoms with Crippen LogP contribution in [0.4, 0.5) is 0 Å². The van der Waals surface area contributed by atoms with E-state index in [0.717, 1.165) is 0 Å². The van der Waals surface area contributed by atoms with Gasteiger partial charge in [0.05, 0.1) is 0 Å². The molecule has 1 atom stereocenters. The first-order valence-electron chi connectivity index (χ1n) is 2.40. The highest BCUT2D eigenvalue weighted by atomic mass is 16.8. The lowest BCUT2D eigenvalue weighted by atomic mass is 10.3. The maximum atomic E-state index is 9.93. The van der Waals surface area contributed by atoms with Gasteiger partial charge in [-0.3, -0.25) is 5.21 Å².